The minimum absolute atomic E-state index is 0.0382. The molecule has 0 aromatic carbocycles. The highest BCUT2D eigenvalue weighted by Crippen LogP contribution is 2.20. The lowest BCUT2D eigenvalue weighted by Crippen LogP contribution is -2.08. The van der Waals surface area contributed by atoms with Crippen LogP contribution < -0.4 is 11.5 Å². The third-order valence-corrected chi connectivity index (χ3v) is 1.86. The van der Waals surface area contributed by atoms with Gasteiger partial charge in [0.25, 0.3) is 0 Å². The van der Waals surface area contributed by atoms with Gasteiger partial charge in [0, 0.05) is 24.3 Å². The van der Waals surface area contributed by atoms with E-state index in [0.717, 1.165) is 11.3 Å². The van der Waals surface area contributed by atoms with Gasteiger partial charge in [0.15, 0.2) is 0 Å². The Bertz CT molecular complexity index is 262. The highest BCUT2D eigenvalue weighted by Gasteiger charge is 2.12. The second kappa shape index (κ2) is 2.54. The third kappa shape index (κ3) is 1.21. The van der Waals surface area contributed by atoms with Gasteiger partial charge in [-0.25, -0.2) is 0 Å². The molecule has 0 saturated heterocycles. The number of rotatable bonds is 1. The fourth-order valence-corrected chi connectivity index (χ4v) is 1.21. The zero-order valence-corrected chi connectivity index (χ0v) is 7.13. The van der Waals surface area contributed by atoms with Gasteiger partial charge in [-0.15, -0.1) is 0 Å². The number of aromatic nitrogens is 2. The standard InChI is InChI=1S/C7H14N4/c1-4(8)6-5(2)11(3)10-7(6)9/h4H,8H2,1-3H3,(H2,9,10). The Morgan fingerprint density at radius 2 is 2.09 bits per heavy atom. The number of hydrogen-bond acceptors (Lipinski definition) is 3. The van der Waals surface area contributed by atoms with Crippen molar-refractivity contribution in [2.24, 2.45) is 12.8 Å². The molecule has 1 unspecified atom stereocenters. The van der Waals surface area contributed by atoms with Crippen molar-refractivity contribution in [3.8, 4) is 0 Å². The van der Waals surface area contributed by atoms with Gasteiger partial charge in [0.05, 0.1) is 0 Å². The quantitative estimate of drug-likeness (QED) is 0.612. The van der Waals surface area contributed by atoms with Crippen molar-refractivity contribution in [1.82, 2.24) is 9.78 Å². The number of nitrogen functional groups attached to an aromatic ring is 1. The third-order valence-electron chi connectivity index (χ3n) is 1.86. The number of nitrogens with zero attached hydrogens (tertiary/aromatic N) is 2. The molecule has 0 spiro atoms. The summed E-state index contributed by atoms with van der Waals surface area (Å²) in [6.07, 6.45) is 0. The molecule has 1 aromatic heterocycles. The Labute approximate surface area is 66.2 Å². The molecule has 0 saturated carbocycles. The van der Waals surface area contributed by atoms with Crippen LogP contribution in [0.25, 0.3) is 0 Å². The second-order valence-electron chi connectivity index (χ2n) is 2.80. The van der Waals surface area contributed by atoms with Crippen molar-refractivity contribution in [3.63, 3.8) is 0 Å². The molecule has 1 heterocycles. The van der Waals surface area contributed by atoms with Gasteiger partial charge in [-0.3, -0.25) is 4.68 Å². The van der Waals surface area contributed by atoms with Gasteiger partial charge in [0.1, 0.15) is 5.82 Å². The maximum atomic E-state index is 5.70. The van der Waals surface area contributed by atoms with Crippen LogP contribution in [0.1, 0.15) is 24.2 Å². The van der Waals surface area contributed by atoms with Crippen LogP contribution in [0.2, 0.25) is 0 Å². The first-order chi connectivity index (χ1) is 5.04. The van der Waals surface area contributed by atoms with E-state index in [-0.39, 0.29) is 6.04 Å². The van der Waals surface area contributed by atoms with E-state index in [0.29, 0.717) is 5.82 Å². The Morgan fingerprint density at radius 1 is 1.55 bits per heavy atom. The number of hydrogen-bond donors (Lipinski definition) is 2. The van der Waals surface area contributed by atoms with Crippen LogP contribution in [0.4, 0.5) is 5.82 Å². The van der Waals surface area contributed by atoms with Crippen LogP contribution in [-0.4, -0.2) is 9.78 Å². The summed E-state index contributed by atoms with van der Waals surface area (Å²) in [5.41, 5.74) is 13.3. The molecule has 4 N–H and O–H groups in total. The van der Waals surface area contributed by atoms with E-state index >= 15 is 0 Å². The van der Waals surface area contributed by atoms with Crippen LogP contribution in [0.3, 0.4) is 0 Å². The molecule has 1 aromatic rings. The summed E-state index contributed by atoms with van der Waals surface area (Å²) in [5, 5.41) is 4.05. The van der Waals surface area contributed by atoms with Crippen molar-refractivity contribution in [3.05, 3.63) is 11.3 Å². The van der Waals surface area contributed by atoms with Gasteiger partial charge in [-0.05, 0) is 13.8 Å². The Hall–Kier alpha value is -1.03. The average Bonchev–Trinajstić information content (AvgIpc) is 2.07. The lowest BCUT2D eigenvalue weighted by Gasteiger charge is -2.03. The lowest BCUT2D eigenvalue weighted by molar-refractivity contribution is 0.731. The SMILES string of the molecule is Cc1c(C(C)N)c(N)nn1C. The van der Waals surface area contributed by atoms with Crippen LogP contribution in [0.15, 0.2) is 0 Å². The van der Waals surface area contributed by atoms with E-state index in [4.69, 9.17) is 11.5 Å². The van der Waals surface area contributed by atoms with E-state index in [2.05, 4.69) is 5.10 Å². The first-order valence-corrected chi connectivity index (χ1v) is 3.58. The molecule has 1 atom stereocenters. The summed E-state index contributed by atoms with van der Waals surface area (Å²) >= 11 is 0. The molecule has 0 amide bonds. The second-order valence-corrected chi connectivity index (χ2v) is 2.80. The monoisotopic (exact) mass is 154 g/mol. The van der Waals surface area contributed by atoms with Crippen molar-refractivity contribution in [1.29, 1.82) is 0 Å². The van der Waals surface area contributed by atoms with Crippen molar-refractivity contribution in [2.75, 3.05) is 5.73 Å². The number of nitrogens with two attached hydrogens (primary N) is 2. The van der Waals surface area contributed by atoms with Gasteiger partial charge >= 0.3 is 0 Å². The topological polar surface area (TPSA) is 69.9 Å². The Kier molecular flexibility index (Phi) is 1.87. The van der Waals surface area contributed by atoms with Crippen molar-refractivity contribution in [2.45, 2.75) is 19.9 Å². The van der Waals surface area contributed by atoms with Gasteiger partial charge in [-0.1, -0.05) is 0 Å². The minimum Gasteiger partial charge on any atom is -0.382 e. The molecular formula is C7H14N4. The smallest absolute Gasteiger partial charge is 0.150 e. The minimum atomic E-state index is -0.0382. The molecule has 0 aliphatic carbocycles. The summed E-state index contributed by atoms with van der Waals surface area (Å²) in [5.74, 6) is 0.542. The lowest BCUT2D eigenvalue weighted by atomic mass is 10.1. The van der Waals surface area contributed by atoms with Crippen LogP contribution in [0, 0.1) is 6.92 Å². The van der Waals surface area contributed by atoms with Crippen molar-refractivity contribution >= 4 is 5.82 Å². The first-order valence-electron chi connectivity index (χ1n) is 3.58. The van der Waals surface area contributed by atoms with Crippen LogP contribution >= 0.6 is 0 Å². The van der Waals surface area contributed by atoms with E-state index in [1.807, 2.05) is 20.9 Å². The molecular weight excluding hydrogens is 140 g/mol. The molecule has 1 rings (SSSR count). The fourth-order valence-electron chi connectivity index (χ4n) is 1.21. The molecule has 11 heavy (non-hydrogen) atoms. The summed E-state index contributed by atoms with van der Waals surface area (Å²) in [6.45, 7) is 3.86. The zero-order chi connectivity index (χ0) is 8.59. The fraction of sp³-hybridized carbons (Fsp3) is 0.571. The van der Waals surface area contributed by atoms with Gasteiger partial charge < -0.3 is 11.5 Å². The highest BCUT2D eigenvalue weighted by molar-refractivity contribution is 5.44. The van der Waals surface area contributed by atoms with Gasteiger partial charge in [-0.2, -0.15) is 5.10 Å². The van der Waals surface area contributed by atoms with Crippen LogP contribution in [-0.2, 0) is 7.05 Å². The number of anilines is 1. The average molecular weight is 154 g/mol. The highest BCUT2D eigenvalue weighted by atomic mass is 15.3. The summed E-state index contributed by atoms with van der Waals surface area (Å²) in [4.78, 5) is 0. The van der Waals surface area contributed by atoms with Crippen molar-refractivity contribution < 1.29 is 0 Å². The van der Waals surface area contributed by atoms with Gasteiger partial charge in [0.2, 0.25) is 0 Å². The predicted octanol–water partition coefficient (Wildman–Crippen LogP) is 0.330. The largest absolute Gasteiger partial charge is 0.382 e. The van der Waals surface area contributed by atoms with E-state index < -0.39 is 0 Å². The normalized spacial score (nSPS) is 13.5. The summed E-state index contributed by atoms with van der Waals surface area (Å²) in [6, 6.07) is -0.0382. The molecule has 0 radical (unpaired) electrons. The molecule has 4 heteroatoms. The van der Waals surface area contributed by atoms with Crippen LogP contribution in [0.5, 0.6) is 0 Å². The molecule has 0 fully saturated rings. The Morgan fingerprint density at radius 3 is 2.27 bits per heavy atom. The zero-order valence-electron chi connectivity index (χ0n) is 7.13. The first kappa shape index (κ1) is 8.07. The van der Waals surface area contributed by atoms with E-state index in [1.165, 1.54) is 0 Å². The van der Waals surface area contributed by atoms with E-state index in [9.17, 15) is 0 Å². The number of aryl methyl sites for hydroxylation is 1. The predicted molar refractivity (Wildman–Crippen MR) is 45.0 cm³/mol. The molecule has 0 aliphatic heterocycles. The maximum Gasteiger partial charge on any atom is 0.150 e. The maximum absolute atomic E-state index is 5.70. The molecule has 0 aliphatic rings. The molecule has 0 bridgehead atoms. The van der Waals surface area contributed by atoms with E-state index in [1.54, 1.807) is 4.68 Å². The summed E-state index contributed by atoms with van der Waals surface area (Å²) < 4.78 is 1.74. The summed E-state index contributed by atoms with van der Waals surface area (Å²) in [7, 11) is 1.86. The molecule has 4 nitrogen and oxygen atoms in total. The molecule has 62 valence electrons. The Balaban J connectivity index is 3.22.